The predicted octanol–water partition coefficient (Wildman–Crippen LogP) is 1.28. The SMILES string of the molecule is CC(C)OC(=O)N[C]1C=CNC=C1. The number of hydrogen-bond acceptors (Lipinski definition) is 3. The van der Waals surface area contributed by atoms with Gasteiger partial charge in [-0.3, -0.25) is 0 Å². The Hall–Kier alpha value is -1.45. The van der Waals surface area contributed by atoms with E-state index < -0.39 is 6.09 Å². The molecule has 0 aliphatic carbocycles. The zero-order valence-electron chi connectivity index (χ0n) is 7.70. The first-order valence-corrected chi connectivity index (χ1v) is 4.12. The normalized spacial score (nSPS) is 15.6. The van der Waals surface area contributed by atoms with Crippen LogP contribution in [0.2, 0.25) is 0 Å². The summed E-state index contributed by atoms with van der Waals surface area (Å²) in [6.45, 7) is 3.61. The molecule has 71 valence electrons. The Bertz CT molecular complexity index is 222. The van der Waals surface area contributed by atoms with Gasteiger partial charge in [0, 0.05) is 0 Å². The van der Waals surface area contributed by atoms with Gasteiger partial charge in [0.1, 0.15) is 6.04 Å². The first-order chi connectivity index (χ1) is 6.18. The summed E-state index contributed by atoms with van der Waals surface area (Å²) in [5, 5.41) is 5.45. The summed E-state index contributed by atoms with van der Waals surface area (Å²) in [6.07, 6.45) is 6.43. The summed E-state index contributed by atoms with van der Waals surface area (Å²) in [5.41, 5.74) is 0. The molecule has 0 aromatic heterocycles. The Balaban J connectivity index is 2.31. The van der Waals surface area contributed by atoms with Crippen LogP contribution in [-0.4, -0.2) is 12.2 Å². The molecule has 1 rings (SSSR count). The van der Waals surface area contributed by atoms with E-state index in [4.69, 9.17) is 4.74 Å². The van der Waals surface area contributed by atoms with E-state index in [-0.39, 0.29) is 6.10 Å². The van der Waals surface area contributed by atoms with Gasteiger partial charge in [0.25, 0.3) is 0 Å². The van der Waals surface area contributed by atoms with Crippen LogP contribution in [0.1, 0.15) is 13.8 Å². The van der Waals surface area contributed by atoms with Crippen LogP contribution in [0.25, 0.3) is 0 Å². The van der Waals surface area contributed by atoms with Gasteiger partial charge in [-0.15, -0.1) is 0 Å². The number of nitrogens with one attached hydrogen (secondary N) is 2. The lowest BCUT2D eigenvalue weighted by atomic mass is 10.2. The van der Waals surface area contributed by atoms with Gasteiger partial charge in [0.15, 0.2) is 0 Å². The maximum Gasteiger partial charge on any atom is 0.408 e. The minimum absolute atomic E-state index is 0.102. The minimum Gasteiger partial charge on any atom is -0.447 e. The number of carbonyl (C=O) groups excluding carboxylic acids is 1. The Labute approximate surface area is 77.6 Å². The zero-order valence-corrected chi connectivity index (χ0v) is 7.70. The summed E-state index contributed by atoms with van der Waals surface area (Å²) in [5.74, 6) is 0. The van der Waals surface area contributed by atoms with Gasteiger partial charge in [0.05, 0.1) is 6.10 Å². The molecule has 4 heteroatoms. The molecule has 0 atom stereocenters. The van der Waals surface area contributed by atoms with E-state index in [1.165, 1.54) is 0 Å². The fraction of sp³-hybridized carbons (Fsp3) is 0.333. The number of ether oxygens (including phenoxy) is 1. The third kappa shape index (κ3) is 3.64. The molecule has 1 radical (unpaired) electrons. The molecule has 0 spiro atoms. The molecular weight excluding hydrogens is 168 g/mol. The minimum atomic E-state index is -0.429. The van der Waals surface area contributed by atoms with Crippen molar-refractivity contribution in [3.05, 3.63) is 30.6 Å². The summed E-state index contributed by atoms with van der Waals surface area (Å²) in [6, 6.07) is 0.712. The Morgan fingerprint density at radius 1 is 1.46 bits per heavy atom. The van der Waals surface area contributed by atoms with Crippen molar-refractivity contribution in [1.82, 2.24) is 10.6 Å². The van der Waals surface area contributed by atoms with Crippen molar-refractivity contribution < 1.29 is 9.53 Å². The third-order valence-electron chi connectivity index (χ3n) is 1.31. The van der Waals surface area contributed by atoms with Crippen molar-refractivity contribution in [2.45, 2.75) is 20.0 Å². The van der Waals surface area contributed by atoms with E-state index in [1.54, 1.807) is 38.4 Å². The number of rotatable bonds is 2. The fourth-order valence-electron chi connectivity index (χ4n) is 0.832. The van der Waals surface area contributed by atoms with Crippen LogP contribution in [0.5, 0.6) is 0 Å². The molecule has 0 bridgehead atoms. The van der Waals surface area contributed by atoms with E-state index >= 15 is 0 Å². The quantitative estimate of drug-likeness (QED) is 0.674. The number of alkyl carbamates (subject to hydrolysis) is 1. The molecule has 2 N–H and O–H groups in total. The van der Waals surface area contributed by atoms with Gasteiger partial charge in [-0.2, -0.15) is 0 Å². The largest absolute Gasteiger partial charge is 0.447 e. The van der Waals surface area contributed by atoms with Crippen molar-refractivity contribution in [3.8, 4) is 0 Å². The topological polar surface area (TPSA) is 50.4 Å². The van der Waals surface area contributed by atoms with Crippen LogP contribution in [0.3, 0.4) is 0 Å². The number of amides is 1. The molecule has 0 aromatic rings. The summed E-state index contributed by atoms with van der Waals surface area (Å²) in [4.78, 5) is 11.1. The van der Waals surface area contributed by atoms with Crippen molar-refractivity contribution in [2.75, 3.05) is 0 Å². The van der Waals surface area contributed by atoms with Crippen LogP contribution < -0.4 is 10.6 Å². The molecule has 0 unspecified atom stereocenters. The second-order valence-corrected chi connectivity index (χ2v) is 2.87. The summed E-state index contributed by atoms with van der Waals surface area (Å²) >= 11 is 0. The number of carbonyl (C=O) groups is 1. The van der Waals surface area contributed by atoms with E-state index in [9.17, 15) is 4.79 Å². The Morgan fingerprint density at radius 2 is 2.08 bits per heavy atom. The molecule has 13 heavy (non-hydrogen) atoms. The van der Waals surface area contributed by atoms with Crippen LogP contribution >= 0.6 is 0 Å². The molecule has 1 aliphatic heterocycles. The average molecular weight is 181 g/mol. The highest BCUT2D eigenvalue weighted by Gasteiger charge is 2.10. The lowest BCUT2D eigenvalue weighted by molar-refractivity contribution is 0.117. The fourth-order valence-corrected chi connectivity index (χ4v) is 0.832. The molecule has 1 amide bonds. The third-order valence-corrected chi connectivity index (χ3v) is 1.31. The lowest BCUT2D eigenvalue weighted by Gasteiger charge is -2.14. The predicted molar refractivity (Wildman–Crippen MR) is 49.4 cm³/mol. The van der Waals surface area contributed by atoms with E-state index in [0.717, 1.165) is 0 Å². The lowest BCUT2D eigenvalue weighted by Crippen LogP contribution is -2.30. The first kappa shape index (κ1) is 9.64. The molecule has 0 saturated carbocycles. The van der Waals surface area contributed by atoms with Crippen LogP contribution in [0.15, 0.2) is 24.6 Å². The highest BCUT2D eigenvalue weighted by Crippen LogP contribution is 2.03. The molecule has 0 fully saturated rings. The van der Waals surface area contributed by atoms with Crippen molar-refractivity contribution in [2.24, 2.45) is 0 Å². The number of dihydropyridines is 1. The van der Waals surface area contributed by atoms with Crippen LogP contribution in [-0.2, 0) is 4.74 Å². The van der Waals surface area contributed by atoms with E-state index in [1.807, 2.05) is 0 Å². The molecule has 0 saturated heterocycles. The van der Waals surface area contributed by atoms with Crippen molar-refractivity contribution >= 4 is 6.09 Å². The maximum atomic E-state index is 11.1. The van der Waals surface area contributed by atoms with Gasteiger partial charge in [-0.05, 0) is 38.4 Å². The maximum absolute atomic E-state index is 11.1. The Kier molecular flexibility index (Phi) is 3.37. The highest BCUT2D eigenvalue weighted by molar-refractivity contribution is 5.70. The number of hydrogen-bond donors (Lipinski definition) is 2. The highest BCUT2D eigenvalue weighted by atomic mass is 16.6. The van der Waals surface area contributed by atoms with Gasteiger partial charge in [0.2, 0.25) is 0 Å². The van der Waals surface area contributed by atoms with Crippen molar-refractivity contribution in [3.63, 3.8) is 0 Å². The van der Waals surface area contributed by atoms with E-state index in [0.29, 0.717) is 6.04 Å². The second-order valence-electron chi connectivity index (χ2n) is 2.87. The standard InChI is InChI=1S/C9H13N2O2/c1-7(2)13-9(12)11-8-3-5-10-6-4-8/h3-7,10H,1-2H3,(H,11,12). The zero-order chi connectivity index (χ0) is 9.68. The first-order valence-electron chi connectivity index (χ1n) is 4.12. The smallest absolute Gasteiger partial charge is 0.408 e. The van der Waals surface area contributed by atoms with Gasteiger partial charge in [-0.1, -0.05) is 0 Å². The summed E-state index contributed by atoms with van der Waals surface area (Å²) < 4.78 is 4.89. The molecule has 1 heterocycles. The Morgan fingerprint density at radius 3 is 2.62 bits per heavy atom. The van der Waals surface area contributed by atoms with Gasteiger partial charge < -0.3 is 15.4 Å². The molecular formula is C9H13N2O2. The van der Waals surface area contributed by atoms with Gasteiger partial charge >= 0.3 is 6.09 Å². The van der Waals surface area contributed by atoms with Crippen LogP contribution in [0.4, 0.5) is 4.79 Å². The summed E-state index contributed by atoms with van der Waals surface area (Å²) in [7, 11) is 0. The monoisotopic (exact) mass is 181 g/mol. The van der Waals surface area contributed by atoms with Crippen molar-refractivity contribution in [1.29, 1.82) is 0 Å². The molecule has 1 aliphatic rings. The molecule has 0 aromatic carbocycles. The average Bonchev–Trinajstić information content (AvgIpc) is 2.04. The second kappa shape index (κ2) is 4.54. The van der Waals surface area contributed by atoms with Crippen LogP contribution in [0, 0.1) is 6.04 Å². The van der Waals surface area contributed by atoms with E-state index in [2.05, 4.69) is 10.6 Å². The van der Waals surface area contributed by atoms with Gasteiger partial charge in [-0.25, -0.2) is 4.79 Å². The molecule has 4 nitrogen and oxygen atoms in total.